The number of furan rings is 1. The van der Waals surface area contributed by atoms with Crippen LogP contribution in [0.25, 0.3) is 44.6 Å². The quantitative estimate of drug-likeness (QED) is 0.181. The molecule has 1 amide bonds. The van der Waals surface area contributed by atoms with Crippen molar-refractivity contribution in [3.8, 4) is 33.5 Å². The predicted octanol–water partition coefficient (Wildman–Crippen LogP) is 7.16. The molecule has 0 bridgehead atoms. The molecule has 5 rings (SSSR count). The van der Waals surface area contributed by atoms with E-state index in [0.29, 0.717) is 32.3 Å². The SMILES string of the molecule is CCC(=O)c1oc2nc(-c3ccc(-c4cn[nH]c4)cc3Cl)c(-c3ccc(Cl)cc3)cc2c1NC(=O)C(C)(C)O. The van der Waals surface area contributed by atoms with Crippen LogP contribution >= 0.6 is 23.2 Å². The number of rotatable bonds is 7. The molecule has 0 saturated carbocycles. The van der Waals surface area contributed by atoms with Crippen LogP contribution in [-0.2, 0) is 4.79 Å². The first-order valence-electron chi connectivity index (χ1n) is 12.2. The lowest BCUT2D eigenvalue weighted by Gasteiger charge is -2.17. The van der Waals surface area contributed by atoms with E-state index < -0.39 is 11.5 Å². The van der Waals surface area contributed by atoms with Gasteiger partial charge in [0.1, 0.15) is 11.3 Å². The molecule has 10 heteroatoms. The van der Waals surface area contributed by atoms with Gasteiger partial charge in [-0.05, 0) is 49.2 Å². The number of anilines is 1. The van der Waals surface area contributed by atoms with Crippen molar-refractivity contribution in [3.63, 3.8) is 0 Å². The molecule has 0 aliphatic rings. The lowest BCUT2D eigenvalue weighted by Crippen LogP contribution is -2.37. The molecule has 198 valence electrons. The van der Waals surface area contributed by atoms with Crippen LogP contribution in [0.2, 0.25) is 10.0 Å². The Bertz CT molecular complexity index is 1700. The second-order valence-electron chi connectivity index (χ2n) is 9.52. The second kappa shape index (κ2) is 10.3. The van der Waals surface area contributed by atoms with Crippen LogP contribution in [0.3, 0.4) is 0 Å². The van der Waals surface area contributed by atoms with Gasteiger partial charge in [0.05, 0.1) is 22.3 Å². The highest BCUT2D eigenvalue weighted by Gasteiger charge is 2.29. The molecule has 3 heterocycles. The summed E-state index contributed by atoms with van der Waals surface area (Å²) in [5.74, 6) is -1.06. The zero-order chi connectivity index (χ0) is 27.9. The highest BCUT2D eigenvalue weighted by molar-refractivity contribution is 6.34. The van der Waals surface area contributed by atoms with Crippen LogP contribution in [0.1, 0.15) is 37.7 Å². The van der Waals surface area contributed by atoms with Crippen LogP contribution in [0.15, 0.2) is 65.3 Å². The monoisotopic (exact) mass is 562 g/mol. The number of pyridine rings is 1. The van der Waals surface area contributed by atoms with E-state index in [4.69, 9.17) is 32.6 Å². The lowest BCUT2D eigenvalue weighted by atomic mass is 9.96. The minimum Gasteiger partial charge on any atom is -0.432 e. The van der Waals surface area contributed by atoms with E-state index in [2.05, 4.69) is 15.5 Å². The fourth-order valence-corrected chi connectivity index (χ4v) is 4.52. The summed E-state index contributed by atoms with van der Waals surface area (Å²) in [5.41, 5.74) is 2.96. The summed E-state index contributed by atoms with van der Waals surface area (Å²) >= 11 is 12.9. The molecule has 3 N–H and O–H groups in total. The second-order valence-corrected chi connectivity index (χ2v) is 10.4. The zero-order valence-electron chi connectivity index (χ0n) is 21.3. The van der Waals surface area contributed by atoms with Crippen molar-refractivity contribution >= 4 is 51.7 Å². The molecule has 0 unspecified atom stereocenters. The van der Waals surface area contributed by atoms with E-state index in [-0.39, 0.29) is 29.4 Å². The number of Topliss-reactive ketones (excluding diaryl/α,β-unsaturated/α-hetero) is 1. The number of aromatic amines is 1. The maximum atomic E-state index is 12.8. The smallest absolute Gasteiger partial charge is 0.255 e. The Labute approximate surface area is 234 Å². The lowest BCUT2D eigenvalue weighted by molar-refractivity contribution is -0.130. The van der Waals surface area contributed by atoms with Crippen molar-refractivity contribution in [2.45, 2.75) is 32.8 Å². The summed E-state index contributed by atoms with van der Waals surface area (Å²) in [6, 6.07) is 14.6. The van der Waals surface area contributed by atoms with Gasteiger partial charge in [0.25, 0.3) is 5.91 Å². The van der Waals surface area contributed by atoms with Gasteiger partial charge in [0.15, 0.2) is 11.5 Å². The standard InChI is InChI=1S/C29H24Cl2N4O4/c1-4-23(36)26-25(35-28(37)29(2,3)38)21-12-20(15-5-8-18(30)9-6-15)24(34-27(21)39-26)19-10-7-16(11-22(19)31)17-13-32-33-14-17/h5-14,38H,4H2,1-3H3,(H,32,33)(H,35,37). The van der Waals surface area contributed by atoms with Crippen LogP contribution in [0.5, 0.6) is 0 Å². The van der Waals surface area contributed by atoms with Gasteiger partial charge in [-0.1, -0.05) is 54.4 Å². The third-order valence-corrected chi connectivity index (χ3v) is 6.83. The van der Waals surface area contributed by atoms with Gasteiger partial charge in [0.2, 0.25) is 5.71 Å². The van der Waals surface area contributed by atoms with Crippen molar-refractivity contribution in [1.29, 1.82) is 0 Å². The first-order valence-corrected chi connectivity index (χ1v) is 12.9. The topological polar surface area (TPSA) is 121 Å². The summed E-state index contributed by atoms with van der Waals surface area (Å²) in [5, 5.41) is 21.1. The van der Waals surface area contributed by atoms with E-state index in [1.165, 1.54) is 13.8 Å². The number of nitrogens with one attached hydrogen (secondary N) is 2. The summed E-state index contributed by atoms with van der Waals surface area (Å²) < 4.78 is 5.93. The van der Waals surface area contributed by atoms with Gasteiger partial charge < -0.3 is 14.8 Å². The fraction of sp³-hybridized carbons (Fsp3) is 0.172. The van der Waals surface area contributed by atoms with E-state index in [9.17, 15) is 14.7 Å². The van der Waals surface area contributed by atoms with E-state index in [1.54, 1.807) is 37.5 Å². The maximum absolute atomic E-state index is 12.8. The number of benzene rings is 2. The highest BCUT2D eigenvalue weighted by atomic mass is 35.5. The Morgan fingerprint density at radius 1 is 1.03 bits per heavy atom. The number of aromatic nitrogens is 3. The summed E-state index contributed by atoms with van der Waals surface area (Å²) in [6.45, 7) is 4.41. The molecule has 39 heavy (non-hydrogen) atoms. The summed E-state index contributed by atoms with van der Waals surface area (Å²) in [6.07, 6.45) is 3.62. The Morgan fingerprint density at radius 2 is 1.74 bits per heavy atom. The number of ketones is 1. The number of fused-ring (bicyclic) bond motifs is 1. The van der Waals surface area contributed by atoms with Gasteiger partial charge >= 0.3 is 0 Å². The number of carbonyl (C=O) groups excluding carboxylic acids is 2. The van der Waals surface area contributed by atoms with Gasteiger partial charge in [-0.25, -0.2) is 4.98 Å². The van der Waals surface area contributed by atoms with E-state index in [0.717, 1.165) is 16.7 Å². The van der Waals surface area contributed by atoms with Crippen molar-refractivity contribution in [3.05, 3.63) is 76.7 Å². The number of hydrogen-bond acceptors (Lipinski definition) is 6. The summed E-state index contributed by atoms with van der Waals surface area (Å²) in [7, 11) is 0. The number of H-pyrrole nitrogens is 1. The van der Waals surface area contributed by atoms with Gasteiger partial charge in [-0.3, -0.25) is 14.7 Å². The van der Waals surface area contributed by atoms with Crippen LogP contribution in [0, 0.1) is 0 Å². The molecule has 0 spiro atoms. The van der Waals surface area contributed by atoms with E-state index >= 15 is 0 Å². The van der Waals surface area contributed by atoms with Gasteiger partial charge in [-0.15, -0.1) is 0 Å². The maximum Gasteiger partial charge on any atom is 0.255 e. The molecule has 0 atom stereocenters. The van der Waals surface area contributed by atoms with Gasteiger partial charge in [-0.2, -0.15) is 5.10 Å². The van der Waals surface area contributed by atoms with E-state index in [1.807, 2.05) is 30.3 Å². The van der Waals surface area contributed by atoms with Crippen LogP contribution < -0.4 is 5.32 Å². The third kappa shape index (κ3) is 5.18. The van der Waals surface area contributed by atoms with Crippen molar-refractivity contribution in [2.75, 3.05) is 5.32 Å². The number of carbonyl (C=O) groups is 2. The largest absolute Gasteiger partial charge is 0.432 e. The molecular weight excluding hydrogens is 539 g/mol. The molecule has 2 aromatic carbocycles. The minimum atomic E-state index is -1.69. The zero-order valence-corrected chi connectivity index (χ0v) is 22.8. The third-order valence-electron chi connectivity index (χ3n) is 6.26. The predicted molar refractivity (Wildman–Crippen MR) is 152 cm³/mol. The number of hydrogen-bond donors (Lipinski definition) is 3. The van der Waals surface area contributed by atoms with Crippen molar-refractivity contribution < 1.29 is 19.1 Å². The Morgan fingerprint density at radius 3 is 2.36 bits per heavy atom. The number of halogens is 2. The average molecular weight is 563 g/mol. The molecule has 0 aliphatic carbocycles. The Balaban J connectivity index is 1.76. The van der Waals surface area contributed by atoms with Crippen molar-refractivity contribution in [2.24, 2.45) is 0 Å². The first kappa shape index (κ1) is 26.6. The minimum absolute atomic E-state index is 0.0433. The number of amides is 1. The van der Waals surface area contributed by atoms with Crippen molar-refractivity contribution in [1.82, 2.24) is 15.2 Å². The molecular formula is C29H24Cl2N4O4. The Hall–Kier alpha value is -3.98. The highest BCUT2D eigenvalue weighted by Crippen LogP contribution is 2.42. The average Bonchev–Trinajstić information content (AvgIpc) is 3.56. The van der Waals surface area contributed by atoms with Crippen LogP contribution in [0.4, 0.5) is 5.69 Å². The number of nitrogens with zero attached hydrogens (tertiary/aromatic N) is 2. The molecule has 0 radical (unpaired) electrons. The molecule has 0 fully saturated rings. The molecule has 0 saturated heterocycles. The molecule has 5 aromatic rings. The first-order chi connectivity index (χ1) is 18.6. The summed E-state index contributed by atoms with van der Waals surface area (Å²) in [4.78, 5) is 30.3. The normalized spacial score (nSPS) is 11.6. The van der Waals surface area contributed by atoms with Crippen LogP contribution in [-0.4, -0.2) is 37.6 Å². The van der Waals surface area contributed by atoms with Gasteiger partial charge in [0, 0.05) is 34.3 Å². The Kier molecular flexibility index (Phi) is 7.03. The molecule has 8 nitrogen and oxygen atoms in total. The fourth-order valence-electron chi connectivity index (χ4n) is 4.12. The molecule has 0 aliphatic heterocycles. The number of aliphatic hydroxyl groups is 1. The molecule has 3 aromatic heterocycles.